The van der Waals surface area contributed by atoms with Crippen LogP contribution in [-0.2, 0) is 9.59 Å². The van der Waals surface area contributed by atoms with Crippen LogP contribution in [0.2, 0.25) is 0 Å². The fourth-order valence-electron chi connectivity index (χ4n) is 4.03. The summed E-state index contributed by atoms with van der Waals surface area (Å²) in [6, 6.07) is 9.83. The Morgan fingerprint density at radius 2 is 2.00 bits per heavy atom. The summed E-state index contributed by atoms with van der Waals surface area (Å²) < 4.78 is 15.5. The average Bonchev–Trinajstić information content (AvgIpc) is 3.23. The number of aliphatic carboxylic acids is 1. The molecule has 1 saturated carbocycles. The van der Waals surface area contributed by atoms with Crippen molar-refractivity contribution in [3.8, 4) is 0 Å². The number of carbonyl (C=O) groups excluding carboxylic acids is 1. The largest absolute Gasteiger partial charge is 0.481 e. The van der Waals surface area contributed by atoms with Crippen LogP contribution in [0.25, 0.3) is 10.1 Å². The number of aliphatic hydroxyl groups excluding tert-OH is 1. The molecule has 0 radical (unpaired) electrons. The summed E-state index contributed by atoms with van der Waals surface area (Å²) >= 11 is 1.51. The molecule has 1 heterocycles. The Kier molecular flexibility index (Phi) is 7.56. The Bertz CT molecular complexity index is 842. The minimum atomic E-state index is -1.20. The molecule has 6 heteroatoms. The first-order valence-corrected chi connectivity index (χ1v) is 11.0. The Labute approximate surface area is 174 Å². The molecule has 2 N–H and O–H groups in total. The third-order valence-electron chi connectivity index (χ3n) is 5.60. The van der Waals surface area contributed by atoms with Crippen LogP contribution in [0.5, 0.6) is 0 Å². The van der Waals surface area contributed by atoms with Crippen LogP contribution < -0.4 is 0 Å². The molecule has 156 valence electrons. The van der Waals surface area contributed by atoms with E-state index in [1.807, 2.05) is 30.3 Å². The lowest BCUT2D eigenvalue weighted by Gasteiger charge is -2.17. The first kappa shape index (κ1) is 21.7. The van der Waals surface area contributed by atoms with Gasteiger partial charge in [-0.05, 0) is 30.4 Å². The summed E-state index contributed by atoms with van der Waals surface area (Å²) in [5.41, 5.74) is 0. The monoisotopic (exact) mass is 418 g/mol. The summed E-state index contributed by atoms with van der Waals surface area (Å²) in [7, 11) is 0. The van der Waals surface area contributed by atoms with Crippen LogP contribution in [-0.4, -0.2) is 28.1 Å². The van der Waals surface area contributed by atoms with Gasteiger partial charge >= 0.3 is 5.97 Å². The van der Waals surface area contributed by atoms with Gasteiger partial charge in [0.2, 0.25) is 0 Å². The second-order valence-electron chi connectivity index (χ2n) is 7.73. The van der Waals surface area contributed by atoms with Crippen molar-refractivity contribution in [2.45, 2.75) is 57.2 Å². The van der Waals surface area contributed by atoms with Crippen LogP contribution >= 0.6 is 11.3 Å². The fourth-order valence-corrected chi connectivity index (χ4v) is 5.06. The van der Waals surface area contributed by atoms with Crippen molar-refractivity contribution in [1.29, 1.82) is 0 Å². The van der Waals surface area contributed by atoms with E-state index in [9.17, 15) is 19.1 Å². The number of halogens is 1. The number of fused-ring (bicyclic) bond motifs is 1. The van der Waals surface area contributed by atoms with E-state index in [0.29, 0.717) is 12.8 Å². The number of carboxylic acids is 1. The summed E-state index contributed by atoms with van der Waals surface area (Å²) in [5, 5.41) is 20.2. The standard InChI is InChI=1S/C23H27FO4S/c24-18-14-20(26)17(8-3-1-2-4-10-23(27)28)16(18)11-12-19(25)22-13-15-7-5-6-9-21(15)29-22/h5-7,9,11-13,16-19,25H,1-4,8,10,14H2,(H,27,28)/t16-,17-,18+,19?/m1/s1. The van der Waals surface area contributed by atoms with E-state index in [4.69, 9.17) is 5.11 Å². The zero-order chi connectivity index (χ0) is 20.8. The molecule has 1 aromatic heterocycles. The lowest BCUT2D eigenvalue weighted by atomic mass is 9.89. The van der Waals surface area contributed by atoms with Crippen molar-refractivity contribution >= 4 is 33.2 Å². The Balaban J connectivity index is 1.56. The van der Waals surface area contributed by atoms with Gasteiger partial charge in [-0.3, -0.25) is 9.59 Å². The number of rotatable bonds is 10. The third-order valence-corrected chi connectivity index (χ3v) is 6.79. The molecule has 1 fully saturated rings. The van der Waals surface area contributed by atoms with Gasteiger partial charge in [0.1, 0.15) is 18.1 Å². The highest BCUT2D eigenvalue weighted by atomic mass is 32.1. The molecule has 0 saturated heterocycles. The number of aliphatic hydroxyl groups is 1. The number of benzene rings is 1. The van der Waals surface area contributed by atoms with Crippen LogP contribution in [0.15, 0.2) is 42.5 Å². The molecule has 3 rings (SSSR count). The summed E-state index contributed by atoms with van der Waals surface area (Å²) in [6.07, 6.45) is 5.05. The van der Waals surface area contributed by atoms with E-state index >= 15 is 0 Å². The maximum absolute atomic E-state index is 14.4. The highest BCUT2D eigenvalue weighted by molar-refractivity contribution is 7.19. The summed E-state index contributed by atoms with van der Waals surface area (Å²) in [6.45, 7) is 0. The smallest absolute Gasteiger partial charge is 0.303 e. The first-order chi connectivity index (χ1) is 14.0. The van der Waals surface area contributed by atoms with Crippen molar-refractivity contribution in [2.24, 2.45) is 11.8 Å². The fraction of sp³-hybridized carbons (Fsp3) is 0.478. The Morgan fingerprint density at radius 3 is 2.76 bits per heavy atom. The molecule has 4 nitrogen and oxygen atoms in total. The van der Waals surface area contributed by atoms with Gasteiger partial charge in [0.15, 0.2) is 0 Å². The van der Waals surface area contributed by atoms with Gasteiger partial charge in [-0.2, -0.15) is 0 Å². The maximum atomic E-state index is 14.4. The minimum Gasteiger partial charge on any atom is -0.481 e. The molecule has 1 aliphatic carbocycles. The zero-order valence-electron chi connectivity index (χ0n) is 16.3. The maximum Gasteiger partial charge on any atom is 0.303 e. The van der Waals surface area contributed by atoms with E-state index in [0.717, 1.165) is 34.2 Å². The average molecular weight is 419 g/mol. The molecule has 4 atom stereocenters. The molecular formula is C23H27FO4S. The number of thiophene rings is 1. The van der Waals surface area contributed by atoms with E-state index < -0.39 is 24.2 Å². The molecule has 1 unspecified atom stereocenters. The van der Waals surface area contributed by atoms with Gasteiger partial charge in [0.05, 0.1) is 0 Å². The van der Waals surface area contributed by atoms with Gasteiger partial charge in [0, 0.05) is 34.3 Å². The van der Waals surface area contributed by atoms with E-state index in [1.54, 1.807) is 12.2 Å². The molecule has 1 aromatic carbocycles. The van der Waals surface area contributed by atoms with Crippen molar-refractivity contribution in [1.82, 2.24) is 0 Å². The SMILES string of the molecule is O=C(O)CCCCCC[C@H]1C(=O)C[C@H](F)[C@@H]1C=CC(O)c1cc2ccccc2s1. The number of ketones is 1. The number of carbonyl (C=O) groups is 2. The third kappa shape index (κ3) is 5.73. The van der Waals surface area contributed by atoms with Crippen LogP contribution in [0.3, 0.4) is 0 Å². The van der Waals surface area contributed by atoms with Crippen molar-refractivity contribution < 1.29 is 24.2 Å². The van der Waals surface area contributed by atoms with E-state index in [-0.39, 0.29) is 24.5 Å². The minimum absolute atomic E-state index is 0.0472. The number of carboxylic acid groups (broad SMARTS) is 1. The lowest BCUT2D eigenvalue weighted by Crippen LogP contribution is -2.16. The van der Waals surface area contributed by atoms with Crippen LogP contribution in [0.4, 0.5) is 4.39 Å². The predicted molar refractivity (Wildman–Crippen MR) is 113 cm³/mol. The van der Waals surface area contributed by atoms with Gasteiger partial charge in [0.25, 0.3) is 0 Å². The predicted octanol–water partition coefficient (Wildman–Crippen LogP) is 5.46. The van der Waals surface area contributed by atoms with Crippen LogP contribution in [0.1, 0.15) is 55.9 Å². The second-order valence-corrected chi connectivity index (χ2v) is 8.85. The highest BCUT2D eigenvalue weighted by Gasteiger charge is 2.40. The number of unbranched alkanes of at least 4 members (excludes halogenated alkanes) is 3. The number of hydrogen-bond acceptors (Lipinski definition) is 4. The van der Waals surface area contributed by atoms with E-state index in [2.05, 4.69) is 0 Å². The molecule has 0 aliphatic heterocycles. The summed E-state index contributed by atoms with van der Waals surface area (Å²) in [4.78, 5) is 23.6. The van der Waals surface area contributed by atoms with E-state index in [1.165, 1.54) is 11.3 Å². The van der Waals surface area contributed by atoms with Gasteiger partial charge < -0.3 is 10.2 Å². The van der Waals surface area contributed by atoms with Gasteiger partial charge in [-0.15, -0.1) is 11.3 Å². The van der Waals surface area contributed by atoms with Crippen molar-refractivity contribution in [3.63, 3.8) is 0 Å². The molecule has 0 spiro atoms. The van der Waals surface area contributed by atoms with Crippen molar-refractivity contribution in [3.05, 3.63) is 47.4 Å². The normalized spacial score (nSPS) is 23.2. The van der Waals surface area contributed by atoms with Gasteiger partial charge in [-0.25, -0.2) is 4.39 Å². The molecule has 0 bridgehead atoms. The quantitative estimate of drug-likeness (QED) is 0.397. The molecule has 29 heavy (non-hydrogen) atoms. The highest BCUT2D eigenvalue weighted by Crippen LogP contribution is 2.37. The van der Waals surface area contributed by atoms with Crippen molar-refractivity contribution in [2.75, 3.05) is 0 Å². The Hall–Kier alpha value is -2.05. The van der Waals surface area contributed by atoms with Crippen LogP contribution in [0, 0.1) is 11.8 Å². The molecule has 1 aliphatic rings. The number of alkyl halides is 1. The Morgan fingerprint density at radius 1 is 1.24 bits per heavy atom. The lowest BCUT2D eigenvalue weighted by molar-refractivity contribution is -0.137. The number of Topliss-reactive ketones (excluding diaryl/α,β-unsaturated/α-hetero) is 1. The molecule has 0 amide bonds. The van der Waals surface area contributed by atoms with Gasteiger partial charge in [-0.1, -0.05) is 49.6 Å². The molecular weight excluding hydrogens is 391 g/mol. The second kappa shape index (κ2) is 10.1. The summed E-state index contributed by atoms with van der Waals surface area (Å²) in [5.74, 6) is -1.69. The first-order valence-electron chi connectivity index (χ1n) is 10.2. The number of allylic oxidation sites excluding steroid dienone is 1. The molecule has 2 aromatic rings. The topological polar surface area (TPSA) is 74.6 Å². The number of hydrogen-bond donors (Lipinski definition) is 2. The zero-order valence-corrected chi connectivity index (χ0v) is 17.1.